The zero-order valence-corrected chi connectivity index (χ0v) is 15.1. The van der Waals surface area contributed by atoms with Crippen molar-refractivity contribution in [1.82, 2.24) is 0 Å². The molecule has 1 N–H and O–H groups in total. The van der Waals surface area contributed by atoms with E-state index in [-0.39, 0.29) is 41.6 Å². The van der Waals surface area contributed by atoms with Gasteiger partial charge in [0, 0.05) is 24.4 Å². The third-order valence-corrected chi connectivity index (χ3v) is 5.27. The molecule has 2 amide bonds. The molecule has 1 heterocycles. The lowest BCUT2D eigenvalue weighted by atomic mass is 9.96. The van der Waals surface area contributed by atoms with E-state index in [2.05, 4.69) is 5.32 Å². The fraction of sp³-hybridized carbons (Fsp3) is 0.579. The molecule has 0 radical (unpaired) electrons. The highest BCUT2D eigenvalue weighted by Crippen LogP contribution is 2.34. The van der Waals surface area contributed by atoms with Crippen molar-refractivity contribution < 1.29 is 14.5 Å². The van der Waals surface area contributed by atoms with E-state index in [4.69, 9.17) is 0 Å². The fourth-order valence-electron chi connectivity index (χ4n) is 3.81. The summed E-state index contributed by atoms with van der Waals surface area (Å²) in [4.78, 5) is 36.4. The molecule has 140 valence electrons. The molecule has 1 aromatic carbocycles. The lowest BCUT2D eigenvalue weighted by Crippen LogP contribution is -2.30. The first-order chi connectivity index (χ1) is 12.5. The van der Waals surface area contributed by atoms with Gasteiger partial charge in [0.2, 0.25) is 11.8 Å². The highest BCUT2D eigenvalue weighted by molar-refractivity contribution is 6.21. The fourth-order valence-corrected chi connectivity index (χ4v) is 3.81. The minimum Gasteiger partial charge on any atom is -0.377 e. The van der Waals surface area contributed by atoms with Crippen LogP contribution in [-0.2, 0) is 9.59 Å². The molecule has 26 heavy (non-hydrogen) atoms. The highest BCUT2D eigenvalue weighted by atomic mass is 16.6. The first-order valence-corrected chi connectivity index (χ1v) is 9.39. The van der Waals surface area contributed by atoms with Gasteiger partial charge in [-0.25, -0.2) is 0 Å². The standard InChI is InChI=1S/C19H25N3O4/c1-13-11-18(23)21(19(13)24)15-9-10-16(17(12-15)22(25)26)20-14-7-5-3-2-4-6-8-14/h9-10,12-14,20H,2-8,11H2,1H3/t13-/m0/s1. The summed E-state index contributed by atoms with van der Waals surface area (Å²) in [6.45, 7) is 1.69. The third kappa shape index (κ3) is 3.86. The van der Waals surface area contributed by atoms with Gasteiger partial charge >= 0.3 is 0 Å². The number of amides is 2. The minimum atomic E-state index is -0.455. The Bertz CT molecular complexity index is 711. The van der Waals surface area contributed by atoms with Crippen LogP contribution in [0.4, 0.5) is 17.1 Å². The van der Waals surface area contributed by atoms with Crippen LogP contribution in [0.25, 0.3) is 0 Å². The average molecular weight is 359 g/mol. The second kappa shape index (κ2) is 7.85. The van der Waals surface area contributed by atoms with Crippen molar-refractivity contribution in [3.05, 3.63) is 28.3 Å². The number of carbonyl (C=O) groups is 2. The van der Waals surface area contributed by atoms with Gasteiger partial charge in [-0.05, 0) is 25.0 Å². The van der Waals surface area contributed by atoms with E-state index in [0.29, 0.717) is 5.69 Å². The Labute approximate surface area is 152 Å². The molecule has 1 aromatic rings. The van der Waals surface area contributed by atoms with Crippen LogP contribution in [0.15, 0.2) is 18.2 Å². The van der Waals surface area contributed by atoms with Gasteiger partial charge in [0.25, 0.3) is 5.69 Å². The third-order valence-electron chi connectivity index (χ3n) is 5.27. The Balaban J connectivity index is 1.84. The van der Waals surface area contributed by atoms with Gasteiger partial charge in [-0.1, -0.05) is 39.0 Å². The van der Waals surface area contributed by atoms with Crippen molar-refractivity contribution >= 4 is 28.9 Å². The number of carbonyl (C=O) groups excluding carboxylic acids is 2. The largest absolute Gasteiger partial charge is 0.377 e. The average Bonchev–Trinajstić information content (AvgIpc) is 2.82. The molecule has 7 nitrogen and oxygen atoms in total. The van der Waals surface area contributed by atoms with Crippen molar-refractivity contribution in [3.63, 3.8) is 0 Å². The zero-order chi connectivity index (χ0) is 18.7. The summed E-state index contributed by atoms with van der Waals surface area (Å²) in [5.41, 5.74) is 0.639. The summed E-state index contributed by atoms with van der Waals surface area (Å²) in [6.07, 6.45) is 8.06. The van der Waals surface area contributed by atoms with Crippen LogP contribution in [0.5, 0.6) is 0 Å². The van der Waals surface area contributed by atoms with Gasteiger partial charge in [-0.15, -0.1) is 0 Å². The van der Waals surface area contributed by atoms with Gasteiger partial charge in [-0.2, -0.15) is 0 Å². The predicted octanol–water partition coefficient (Wildman–Crippen LogP) is 4.02. The number of hydrogen-bond donors (Lipinski definition) is 1. The topological polar surface area (TPSA) is 92.6 Å². The molecule has 0 spiro atoms. The Hall–Kier alpha value is -2.44. The lowest BCUT2D eigenvalue weighted by Gasteiger charge is -2.22. The van der Waals surface area contributed by atoms with Gasteiger partial charge in [0.15, 0.2) is 0 Å². The zero-order valence-electron chi connectivity index (χ0n) is 15.1. The van der Waals surface area contributed by atoms with Crippen LogP contribution >= 0.6 is 0 Å². The van der Waals surface area contributed by atoms with Gasteiger partial charge in [-0.3, -0.25) is 24.6 Å². The Morgan fingerprint density at radius 2 is 1.77 bits per heavy atom. The summed E-state index contributed by atoms with van der Waals surface area (Å²) in [5, 5.41) is 14.9. The first kappa shape index (κ1) is 18.4. The van der Waals surface area contributed by atoms with Crippen LogP contribution in [0.3, 0.4) is 0 Å². The lowest BCUT2D eigenvalue weighted by molar-refractivity contribution is -0.383. The predicted molar refractivity (Wildman–Crippen MR) is 99.1 cm³/mol. The van der Waals surface area contributed by atoms with Crippen LogP contribution in [0.2, 0.25) is 0 Å². The number of nitrogens with one attached hydrogen (secondary N) is 1. The Morgan fingerprint density at radius 3 is 2.35 bits per heavy atom. The van der Waals surface area contributed by atoms with Gasteiger partial charge in [0.1, 0.15) is 5.69 Å². The van der Waals surface area contributed by atoms with E-state index >= 15 is 0 Å². The summed E-state index contributed by atoms with van der Waals surface area (Å²) in [6, 6.07) is 4.79. The minimum absolute atomic E-state index is 0.0929. The van der Waals surface area contributed by atoms with Gasteiger partial charge < -0.3 is 5.32 Å². The molecule has 2 fully saturated rings. The first-order valence-electron chi connectivity index (χ1n) is 9.39. The molecule has 0 bridgehead atoms. The maximum Gasteiger partial charge on any atom is 0.294 e. The van der Waals surface area contributed by atoms with E-state index in [1.165, 1.54) is 25.3 Å². The number of hydrogen-bond acceptors (Lipinski definition) is 5. The smallest absolute Gasteiger partial charge is 0.294 e. The number of imide groups is 1. The van der Waals surface area contributed by atoms with E-state index in [9.17, 15) is 19.7 Å². The SMILES string of the molecule is C[C@H]1CC(=O)N(c2ccc(NC3CCCCCCC3)c([N+](=O)[O-])c2)C1=O. The van der Waals surface area contributed by atoms with Crippen LogP contribution in [0, 0.1) is 16.0 Å². The van der Waals surface area contributed by atoms with Gasteiger partial charge in [0.05, 0.1) is 10.6 Å². The molecule has 7 heteroatoms. The number of nitro groups is 1. The van der Waals surface area contributed by atoms with Crippen molar-refractivity contribution in [1.29, 1.82) is 0 Å². The van der Waals surface area contributed by atoms with Crippen LogP contribution < -0.4 is 10.2 Å². The second-order valence-corrected chi connectivity index (χ2v) is 7.32. The van der Waals surface area contributed by atoms with Crippen LogP contribution in [0.1, 0.15) is 58.3 Å². The summed E-state index contributed by atoms with van der Waals surface area (Å²) in [7, 11) is 0. The maximum atomic E-state index is 12.2. The molecule has 3 rings (SSSR count). The number of benzene rings is 1. The quantitative estimate of drug-likeness (QED) is 0.498. The van der Waals surface area contributed by atoms with Crippen molar-refractivity contribution in [2.24, 2.45) is 5.92 Å². The number of rotatable bonds is 4. The van der Waals surface area contributed by atoms with E-state index in [1.54, 1.807) is 19.1 Å². The Kier molecular flexibility index (Phi) is 5.54. The molecule has 1 aliphatic heterocycles. The van der Waals surface area contributed by atoms with E-state index in [0.717, 1.165) is 30.6 Å². The van der Waals surface area contributed by atoms with E-state index in [1.807, 2.05) is 0 Å². The van der Waals surface area contributed by atoms with Crippen molar-refractivity contribution in [2.75, 3.05) is 10.2 Å². The summed E-state index contributed by atoms with van der Waals surface area (Å²) >= 11 is 0. The summed E-state index contributed by atoms with van der Waals surface area (Å²) < 4.78 is 0. The van der Waals surface area contributed by atoms with Crippen molar-refractivity contribution in [2.45, 2.75) is 64.3 Å². The molecule has 1 saturated carbocycles. The normalized spacial score (nSPS) is 22.2. The Morgan fingerprint density at radius 1 is 1.12 bits per heavy atom. The summed E-state index contributed by atoms with van der Waals surface area (Å²) in [5.74, 6) is -0.989. The number of nitrogens with zero attached hydrogens (tertiary/aromatic N) is 2. The monoisotopic (exact) mass is 359 g/mol. The highest BCUT2D eigenvalue weighted by Gasteiger charge is 2.37. The molecular weight excluding hydrogens is 334 g/mol. The number of nitro benzene ring substituents is 1. The molecule has 1 atom stereocenters. The molecule has 0 aromatic heterocycles. The van der Waals surface area contributed by atoms with E-state index < -0.39 is 4.92 Å². The number of anilines is 2. The molecular formula is C19H25N3O4. The molecule has 0 unspecified atom stereocenters. The molecule has 1 aliphatic carbocycles. The molecule has 1 saturated heterocycles. The molecule has 2 aliphatic rings. The maximum absolute atomic E-state index is 12.2. The second-order valence-electron chi connectivity index (χ2n) is 7.32. The van der Waals surface area contributed by atoms with Crippen molar-refractivity contribution in [3.8, 4) is 0 Å². The van der Waals surface area contributed by atoms with Crippen LogP contribution in [-0.4, -0.2) is 22.8 Å².